The number of carbonyl (C=O) groups is 3. The monoisotopic (exact) mass is 480 g/mol. The van der Waals surface area contributed by atoms with Crippen molar-refractivity contribution in [2.45, 2.75) is 37.8 Å². The molecule has 0 atom stereocenters. The second-order valence-corrected chi connectivity index (χ2v) is 8.72. The second kappa shape index (κ2) is 10.1. The molecule has 1 aromatic heterocycles. The van der Waals surface area contributed by atoms with Gasteiger partial charge in [0.2, 0.25) is 11.8 Å². The van der Waals surface area contributed by atoms with E-state index < -0.39 is 11.4 Å². The number of ether oxygens (including phenoxy) is 1. The SMILES string of the molecule is COC(=O)c1cc(CNC(=O)C2(c3ccc(Cl)cc3)CCC2)cc(NC(=O)Cn2cccn2)c1. The third-order valence-electron chi connectivity index (χ3n) is 6.05. The van der Waals surface area contributed by atoms with Crippen molar-refractivity contribution in [3.8, 4) is 0 Å². The number of esters is 1. The fourth-order valence-corrected chi connectivity index (χ4v) is 4.27. The quantitative estimate of drug-likeness (QED) is 0.478. The van der Waals surface area contributed by atoms with Crippen LogP contribution in [0.2, 0.25) is 5.02 Å². The average Bonchev–Trinajstić information content (AvgIpc) is 3.30. The van der Waals surface area contributed by atoms with E-state index in [0.717, 1.165) is 24.8 Å². The van der Waals surface area contributed by atoms with E-state index in [-0.39, 0.29) is 30.5 Å². The van der Waals surface area contributed by atoms with Gasteiger partial charge in [-0.2, -0.15) is 5.10 Å². The van der Waals surface area contributed by atoms with Crippen LogP contribution in [0.15, 0.2) is 60.9 Å². The first-order chi connectivity index (χ1) is 16.4. The van der Waals surface area contributed by atoms with Crippen molar-refractivity contribution in [3.05, 3.63) is 82.6 Å². The van der Waals surface area contributed by atoms with Crippen molar-refractivity contribution in [1.29, 1.82) is 0 Å². The molecule has 34 heavy (non-hydrogen) atoms. The summed E-state index contributed by atoms with van der Waals surface area (Å²) in [6.45, 7) is 0.228. The molecule has 176 valence electrons. The van der Waals surface area contributed by atoms with Crippen LogP contribution in [0.25, 0.3) is 0 Å². The molecule has 2 amide bonds. The molecular formula is C25H25ClN4O4. The lowest BCUT2D eigenvalue weighted by Crippen LogP contribution is -2.49. The molecule has 0 bridgehead atoms. The van der Waals surface area contributed by atoms with E-state index in [1.807, 2.05) is 12.1 Å². The number of benzene rings is 2. The Morgan fingerprint density at radius 2 is 1.91 bits per heavy atom. The summed E-state index contributed by atoms with van der Waals surface area (Å²) in [7, 11) is 1.29. The van der Waals surface area contributed by atoms with E-state index in [0.29, 0.717) is 16.3 Å². The fourth-order valence-electron chi connectivity index (χ4n) is 4.14. The van der Waals surface area contributed by atoms with Crippen LogP contribution in [-0.2, 0) is 32.8 Å². The van der Waals surface area contributed by atoms with E-state index in [4.69, 9.17) is 16.3 Å². The summed E-state index contributed by atoms with van der Waals surface area (Å²) in [6, 6.07) is 14.0. The normalized spacial score (nSPS) is 14.1. The van der Waals surface area contributed by atoms with Crippen LogP contribution in [-0.4, -0.2) is 34.7 Å². The Morgan fingerprint density at radius 1 is 1.15 bits per heavy atom. The second-order valence-electron chi connectivity index (χ2n) is 8.29. The van der Waals surface area contributed by atoms with E-state index in [9.17, 15) is 14.4 Å². The number of aromatic nitrogens is 2. The van der Waals surface area contributed by atoms with Crippen molar-refractivity contribution in [2.24, 2.45) is 0 Å². The van der Waals surface area contributed by atoms with Crippen molar-refractivity contribution >= 4 is 35.1 Å². The highest BCUT2D eigenvalue weighted by molar-refractivity contribution is 6.30. The standard InChI is InChI=1S/C25H25ClN4O4/c1-34-23(32)18-12-17(13-21(14-18)29-22(31)16-30-11-3-10-28-30)15-27-24(33)25(8-2-9-25)19-4-6-20(26)7-5-19/h3-7,10-14H,2,8-9,15-16H2,1H3,(H,27,33)(H,29,31). The highest BCUT2D eigenvalue weighted by Gasteiger charge is 2.45. The fraction of sp³-hybridized carbons (Fsp3) is 0.280. The molecule has 1 aliphatic rings. The van der Waals surface area contributed by atoms with Crippen LogP contribution in [0.3, 0.4) is 0 Å². The highest BCUT2D eigenvalue weighted by atomic mass is 35.5. The zero-order chi connectivity index (χ0) is 24.1. The maximum atomic E-state index is 13.2. The lowest BCUT2D eigenvalue weighted by molar-refractivity contribution is -0.130. The maximum absolute atomic E-state index is 13.2. The van der Waals surface area contributed by atoms with Gasteiger partial charge in [-0.3, -0.25) is 14.3 Å². The van der Waals surface area contributed by atoms with Gasteiger partial charge in [-0.1, -0.05) is 30.2 Å². The van der Waals surface area contributed by atoms with Crippen LogP contribution >= 0.6 is 11.6 Å². The molecule has 1 saturated carbocycles. The number of nitrogens with one attached hydrogen (secondary N) is 2. The lowest BCUT2D eigenvalue weighted by Gasteiger charge is -2.40. The summed E-state index contributed by atoms with van der Waals surface area (Å²) in [6.07, 6.45) is 5.77. The molecule has 1 fully saturated rings. The first kappa shape index (κ1) is 23.5. The van der Waals surface area contributed by atoms with E-state index >= 15 is 0 Å². The van der Waals surface area contributed by atoms with Gasteiger partial charge in [0.05, 0.1) is 18.1 Å². The van der Waals surface area contributed by atoms with Crippen LogP contribution < -0.4 is 10.6 Å². The van der Waals surface area contributed by atoms with Crippen LogP contribution in [0.1, 0.15) is 40.7 Å². The molecule has 0 radical (unpaired) electrons. The van der Waals surface area contributed by atoms with Crippen LogP contribution in [0.4, 0.5) is 5.69 Å². The summed E-state index contributed by atoms with van der Waals surface area (Å²) in [5, 5.41) is 10.4. The number of nitrogens with zero attached hydrogens (tertiary/aromatic N) is 2. The highest BCUT2D eigenvalue weighted by Crippen LogP contribution is 2.44. The number of methoxy groups -OCH3 is 1. The molecule has 8 nitrogen and oxygen atoms in total. The minimum absolute atomic E-state index is 0.0329. The first-order valence-electron chi connectivity index (χ1n) is 10.9. The Bertz CT molecular complexity index is 1190. The molecule has 0 saturated heterocycles. The summed E-state index contributed by atoms with van der Waals surface area (Å²) >= 11 is 6.01. The predicted molar refractivity (Wildman–Crippen MR) is 127 cm³/mol. The van der Waals surface area contributed by atoms with Gasteiger partial charge >= 0.3 is 5.97 Å². The van der Waals surface area contributed by atoms with Gasteiger partial charge in [0.1, 0.15) is 6.54 Å². The molecule has 1 heterocycles. The third kappa shape index (κ3) is 5.12. The Labute approximate surface area is 202 Å². The molecule has 0 aliphatic heterocycles. The Kier molecular flexibility index (Phi) is 6.98. The van der Waals surface area contributed by atoms with E-state index in [2.05, 4.69) is 15.7 Å². The Hall–Kier alpha value is -3.65. The molecule has 0 spiro atoms. The van der Waals surface area contributed by atoms with Gasteiger partial charge in [-0.25, -0.2) is 4.79 Å². The average molecular weight is 481 g/mol. The van der Waals surface area contributed by atoms with E-state index in [1.165, 1.54) is 11.8 Å². The summed E-state index contributed by atoms with van der Waals surface area (Å²) in [5.74, 6) is -0.905. The number of hydrogen-bond acceptors (Lipinski definition) is 5. The Morgan fingerprint density at radius 3 is 2.53 bits per heavy atom. The van der Waals surface area contributed by atoms with Crippen molar-refractivity contribution in [1.82, 2.24) is 15.1 Å². The van der Waals surface area contributed by atoms with Crippen molar-refractivity contribution in [3.63, 3.8) is 0 Å². The molecule has 2 N–H and O–H groups in total. The van der Waals surface area contributed by atoms with Crippen LogP contribution in [0, 0.1) is 0 Å². The maximum Gasteiger partial charge on any atom is 0.337 e. The predicted octanol–water partition coefficient (Wildman–Crippen LogP) is 3.70. The number of carbonyl (C=O) groups excluding carboxylic acids is 3. The number of rotatable bonds is 8. The minimum Gasteiger partial charge on any atom is -0.465 e. The number of anilines is 1. The summed E-state index contributed by atoms with van der Waals surface area (Å²) < 4.78 is 6.34. The Balaban J connectivity index is 1.49. The topological polar surface area (TPSA) is 102 Å². The number of halogens is 1. The zero-order valence-electron chi connectivity index (χ0n) is 18.7. The smallest absolute Gasteiger partial charge is 0.337 e. The summed E-state index contributed by atoms with van der Waals surface area (Å²) in [4.78, 5) is 37.8. The molecule has 3 aromatic rings. The lowest BCUT2D eigenvalue weighted by atomic mass is 9.64. The summed E-state index contributed by atoms with van der Waals surface area (Å²) in [5.41, 5.74) is 1.73. The number of hydrogen-bond donors (Lipinski definition) is 2. The van der Waals surface area contributed by atoms with Crippen molar-refractivity contribution < 1.29 is 19.1 Å². The number of amides is 2. The van der Waals surface area contributed by atoms with E-state index in [1.54, 1.807) is 48.8 Å². The van der Waals surface area contributed by atoms with Crippen molar-refractivity contribution in [2.75, 3.05) is 12.4 Å². The van der Waals surface area contributed by atoms with Gasteiger partial charge < -0.3 is 15.4 Å². The first-order valence-corrected chi connectivity index (χ1v) is 11.3. The zero-order valence-corrected chi connectivity index (χ0v) is 19.5. The van der Waals surface area contributed by atoms with Gasteiger partial charge in [0.25, 0.3) is 0 Å². The largest absolute Gasteiger partial charge is 0.465 e. The van der Waals surface area contributed by atoms with Gasteiger partial charge in [0.15, 0.2) is 0 Å². The van der Waals surface area contributed by atoms with Crippen LogP contribution in [0.5, 0.6) is 0 Å². The molecule has 1 aliphatic carbocycles. The third-order valence-corrected chi connectivity index (χ3v) is 6.31. The minimum atomic E-state index is -0.578. The van der Waals surface area contributed by atoms with Gasteiger partial charge in [-0.15, -0.1) is 0 Å². The molecule has 9 heteroatoms. The van der Waals surface area contributed by atoms with Gasteiger partial charge in [-0.05, 0) is 60.4 Å². The molecular weight excluding hydrogens is 456 g/mol. The molecule has 0 unspecified atom stereocenters. The molecule has 4 rings (SSSR count). The van der Waals surface area contributed by atoms with Gasteiger partial charge in [0, 0.05) is 29.6 Å². The molecule has 2 aromatic carbocycles.